The Morgan fingerprint density at radius 2 is 0.789 bits per heavy atom. The molecule has 0 aromatic heterocycles. The lowest BCUT2D eigenvalue weighted by atomic mass is 10.4. The third-order valence-corrected chi connectivity index (χ3v) is 1.84. The minimum atomic E-state index is -1.30. The first-order chi connectivity index (χ1) is 8.70. The van der Waals surface area contributed by atoms with Crippen LogP contribution in [0.2, 0.25) is 0 Å². The minimum Gasteiger partial charge on any atom is -0.480 e. The number of carboxylic acid groups (broad SMARTS) is 4. The molecule has 0 aliphatic heterocycles. The van der Waals surface area contributed by atoms with Crippen LogP contribution in [-0.4, -0.2) is 87.0 Å². The smallest absolute Gasteiger partial charge is 0.317 e. The summed E-state index contributed by atoms with van der Waals surface area (Å²) >= 11 is 0. The number of rotatable bonds is 10. The van der Waals surface area contributed by atoms with Crippen molar-refractivity contribution in [3.05, 3.63) is 0 Å². The minimum absolute atomic E-state index is 0.392. The first kappa shape index (κ1) is 16.8. The van der Waals surface area contributed by atoms with E-state index in [2.05, 4.69) is 0 Å². The van der Waals surface area contributed by atoms with Crippen LogP contribution in [0, 0.1) is 0 Å². The molecule has 108 valence electrons. The number of nitrogens with zero attached hydrogens (tertiary/aromatic N) is 2. The Morgan fingerprint density at radius 1 is 0.579 bits per heavy atom. The SMILES string of the molecule is O=C(O)CN(CC(=O)O)CN(CC(=O)O)CC(=O)O. The Labute approximate surface area is 107 Å². The second-order valence-electron chi connectivity index (χ2n) is 3.69. The molecule has 0 bridgehead atoms. The Kier molecular flexibility index (Phi) is 7.07. The van der Waals surface area contributed by atoms with Gasteiger partial charge in [0, 0.05) is 0 Å². The lowest BCUT2D eigenvalue weighted by Crippen LogP contribution is -2.46. The highest BCUT2D eigenvalue weighted by Gasteiger charge is 2.20. The van der Waals surface area contributed by atoms with E-state index in [1.807, 2.05) is 0 Å². The van der Waals surface area contributed by atoms with Gasteiger partial charge in [-0.3, -0.25) is 29.0 Å². The monoisotopic (exact) mass is 278 g/mol. The molecule has 10 nitrogen and oxygen atoms in total. The highest BCUT2D eigenvalue weighted by atomic mass is 16.4. The molecule has 0 unspecified atom stereocenters. The molecule has 0 rings (SSSR count). The second-order valence-corrected chi connectivity index (χ2v) is 3.69. The van der Waals surface area contributed by atoms with Crippen molar-refractivity contribution in [1.29, 1.82) is 0 Å². The van der Waals surface area contributed by atoms with Crippen LogP contribution in [0.3, 0.4) is 0 Å². The average molecular weight is 278 g/mol. The maximum absolute atomic E-state index is 10.5. The summed E-state index contributed by atoms with van der Waals surface area (Å²) in [6, 6.07) is 0. The van der Waals surface area contributed by atoms with Crippen LogP contribution < -0.4 is 0 Å². The van der Waals surface area contributed by atoms with Gasteiger partial charge < -0.3 is 20.4 Å². The van der Waals surface area contributed by atoms with Gasteiger partial charge in [-0.05, 0) is 0 Å². The predicted octanol–water partition coefficient (Wildman–Crippen LogP) is -2.11. The number of hydrogen-bond acceptors (Lipinski definition) is 6. The maximum Gasteiger partial charge on any atom is 0.317 e. The van der Waals surface area contributed by atoms with Crippen molar-refractivity contribution < 1.29 is 39.6 Å². The highest BCUT2D eigenvalue weighted by Crippen LogP contribution is 1.96. The molecule has 0 heterocycles. The van der Waals surface area contributed by atoms with Crippen molar-refractivity contribution in [3.63, 3.8) is 0 Å². The molecule has 0 saturated carbocycles. The summed E-state index contributed by atoms with van der Waals surface area (Å²) in [5.74, 6) is -5.20. The largest absolute Gasteiger partial charge is 0.480 e. The van der Waals surface area contributed by atoms with Gasteiger partial charge in [0.25, 0.3) is 0 Å². The van der Waals surface area contributed by atoms with Gasteiger partial charge in [0.2, 0.25) is 0 Å². The van der Waals surface area contributed by atoms with Crippen LogP contribution in [-0.2, 0) is 19.2 Å². The Balaban J connectivity index is 4.68. The van der Waals surface area contributed by atoms with E-state index in [1.165, 1.54) is 0 Å². The van der Waals surface area contributed by atoms with Gasteiger partial charge >= 0.3 is 23.9 Å². The summed E-state index contributed by atoms with van der Waals surface area (Å²) in [7, 11) is 0. The molecule has 0 amide bonds. The van der Waals surface area contributed by atoms with Gasteiger partial charge in [0.05, 0.1) is 32.8 Å². The van der Waals surface area contributed by atoms with Crippen LogP contribution in [0.25, 0.3) is 0 Å². The van der Waals surface area contributed by atoms with Gasteiger partial charge in [-0.15, -0.1) is 0 Å². The van der Waals surface area contributed by atoms with E-state index in [9.17, 15) is 19.2 Å². The first-order valence-electron chi connectivity index (χ1n) is 5.02. The third-order valence-electron chi connectivity index (χ3n) is 1.84. The van der Waals surface area contributed by atoms with E-state index in [4.69, 9.17) is 20.4 Å². The molecule has 4 N–H and O–H groups in total. The summed E-state index contributed by atoms with van der Waals surface area (Å²) in [6.45, 7) is -2.94. The number of carboxylic acids is 4. The van der Waals surface area contributed by atoms with Gasteiger partial charge in [0.1, 0.15) is 0 Å². The summed E-state index contributed by atoms with van der Waals surface area (Å²) in [5.41, 5.74) is 0. The quantitative estimate of drug-likeness (QED) is 0.326. The fourth-order valence-electron chi connectivity index (χ4n) is 1.36. The van der Waals surface area contributed by atoms with Crippen LogP contribution in [0.4, 0.5) is 0 Å². The Hall–Kier alpha value is -2.20. The average Bonchev–Trinajstić information content (AvgIpc) is 2.11. The Morgan fingerprint density at radius 3 is 0.947 bits per heavy atom. The van der Waals surface area contributed by atoms with Gasteiger partial charge in [-0.2, -0.15) is 0 Å². The van der Waals surface area contributed by atoms with Crippen LogP contribution in [0.5, 0.6) is 0 Å². The molecule has 0 saturated heterocycles. The van der Waals surface area contributed by atoms with Gasteiger partial charge in [-0.1, -0.05) is 0 Å². The molecular weight excluding hydrogens is 264 g/mol. The van der Waals surface area contributed by atoms with E-state index < -0.39 is 56.7 Å². The highest BCUT2D eigenvalue weighted by molar-refractivity contribution is 5.73. The van der Waals surface area contributed by atoms with Crippen molar-refractivity contribution in [2.24, 2.45) is 0 Å². The van der Waals surface area contributed by atoms with E-state index in [1.54, 1.807) is 0 Å². The third kappa shape index (κ3) is 9.50. The summed E-state index contributed by atoms with van der Waals surface area (Å²) in [4.78, 5) is 44.0. The molecule has 0 aromatic carbocycles. The van der Waals surface area contributed by atoms with Crippen molar-refractivity contribution in [3.8, 4) is 0 Å². The lowest BCUT2D eigenvalue weighted by Gasteiger charge is -2.25. The number of carbonyl (C=O) groups is 4. The standard InChI is InChI=1S/C9H14N2O8/c12-6(13)1-10(2-7(14)15)5-11(3-8(16)17)4-9(18)19/h1-5H2,(H,12,13)(H,14,15)(H,16,17)(H,18,19). The van der Waals surface area contributed by atoms with Crippen molar-refractivity contribution >= 4 is 23.9 Å². The molecule has 0 fully saturated rings. The molecule has 0 aliphatic carbocycles. The van der Waals surface area contributed by atoms with E-state index in [0.717, 1.165) is 9.80 Å². The van der Waals surface area contributed by atoms with Gasteiger partial charge in [0.15, 0.2) is 0 Å². The fraction of sp³-hybridized carbons (Fsp3) is 0.556. The summed E-state index contributed by atoms with van der Waals surface area (Å²) in [6.07, 6.45) is 0. The topological polar surface area (TPSA) is 156 Å². The first-order valence-corrected chi connectivity index (χ1v) is 5.02. The van der Waals surface area contributed by atoms with Crippen LogP contribution in [0.15, 0.2) is 0 Å². The molecule has 19 heavy (non-hydrogen) atoms. The zero-order valence-corrected chi connectivity index (χ0v) is 9.85. The lowest BCUT2D eigenvalue weighted by molar-refractivity contribution is -0.144. The van der Waals surface area contributed by atoms with E-state index >= 15 is 0 Å². The number of aliphatic carboxylic acids is 4. The second kappa shape index (κ2) is 8.00. The van der Waals surface area contributed by atoms with Crippen molar-refractivity contribution in [2.45, 2.75) is 0 Å². The van der Waals surface area contributed by atoms with Gasteiger partial charge in [-0.25, -0.2) is 0 Å². The maximum atomic E-state index is 10.5. The molecule has 0 aliphatic rings. The van der Waals surface area contributed by atoms with Crippen LogP contribution in [0.1, 0.15) is 0 Å². The molecule has 10 heteroatoms. The molecule has 0 radical (unpaired) electrons. The van der Waals surface area contributed by atoms with E-state index in [0.29, 0.717) is 0 Å². The fourth-order valence-corrected chi connectivity index (χ4v) is 1.36. The molecular formula is C9H14N2O8. The summed E-state index contributed by atoms with van der Waals surface area (Å²) in [5, 5.41) is 34.4. The molecule has 0 aromatic rings. The van der Waals surface area contributed by atoms with E-state index in [-0.39, 0.29) is 0 Å². The summed E-state index contributed by atoms with van der Waals surface area (Å²) < 4.78 is 0. The zero-order valence-electron chi connectivity index (χ0n) is 9.85. The predicted molar refractivity (Wildman–Crippen MR) is 58.6 cm³/mol. The van der Waals surface area contributed by atoms with Crippen molar-refractivity contribution in [1.82, 2.24) is 9.80 Å². The Bertz CT molecular complexity index is 303. The van der Waals surface area contributed by atoms with Crippen molar-refractivity contribution in [2.75, 3.05) is 32.8 Å². The molecule has 0 spiro atoms. The number of hydrogen-bond donors (Lipinski definition) is 4. The zero-order chi connectivity index (χ0) is 15.0. The normalized spacial score (nSPS) is 10.6. The van der Waals surface area contributed by atoms with Crippen LogP contribution >= 0.6 is 0 Å². The molecule has 0 atom stereocenters.